The van der Waals surface area contributed by atoms with Crippen molar-refractivity contribution in [3.63, 3.8) is 0 Å². The Balaban J connectivity index is 0.000000235. The number of benzene rings is 7. The van der Waals surface area contributed by atoms with E-state index >= 15 is 0 Å². The fourth-order valence-electron chi connectivity index (χ4n) is 6.36. The van der Waals surface area contributed by atoms with Crippen LogP contribution in [0.15, 0.2) is 170 Å². The molecule has 0 aliphatic rings. The average Bonchev–Trinajstić information content (AvgIpc) is 3.86. The van der Waals surface area contributed by atoms with Crippen LogP contribution in [-0.4, -0.2) is 4.98 Å². The summed E-state index contributed by atoms with van der Waals surface area (Å²) in [5, 5.41) is 5.99. The Morgan fingerprint density at radius 2 is 0.879 bits per heavy atom. The van der Waals surface area contributed by atoms with E-state index in [-0.39, 0.29) is 36.7 Å². The first kappa shape index (κ1) is 43.8. The van der Waals surface area contributed by atoms with Crippen LogP contribution in [0.1, 0.15) is 69.4 Å². The van der Waals surface area contributed by atoms with Gasteiger partial charge in [0.15, 0.2) is 0 Å². The molecule has 0 unspecified atom stereocenters. The molecule has 0 amide bonds. The summed E-state index contributed by atoms with van der Waals surface area (Å²) in [5.41, 5.74) is 10.2. The molecule has 0 aliphatic heterocycles. The number of rotatable bonds is 2. The summed E-state index contributed by atoms with van der Waals surface area (Å²) < 4.78 is 1.19. The van der Waals surface area contributed by atoms with Crippen LogP contribution in [0, 0.1) is 20.8 Å². The van der Waals surface area contributed by atoms with Gasteiger partial charge in [0.25, 0.3) is 0 Å². The van der Waals surface area contributed by atoms with Gasteiger partial charge in [0.2, 0.25) is 0 Å². The van der Waals surface area contributed by atoms with Crippen LogP contribution in [0.25, 0.3) is 53.7 Å². The maximum Gasteiger partial charge on any atom is 4.00 e. The third-order valence-electron chi connectivity index (χ3n) is 9.63. The van der Waals surface area contributed by atoms with Gasteiger partial charge in [-0.25, -0.2) is 4.98 Å². The van der Waals surface area contributed by atoms with Crippen molar-refractivity contribution < 1.29 is 25.8 Å². The van der Waals surface area contributed by atoms with E-state index in [1.807, 2.05) is 97.1 Å². The number of aromatic nitrogens is 2. The number of para-hydroxylation sites is 1. The van der Waals surface area contributed by atoms with E-state index in [1.54, 1.807) is 11.3 Å². The van der Waals surface area contributed by atoms with Crippen LogP contribution in [0.4, 0.5) is 0 Å². The fourth-order valence-corrected chi connectivity index (χ4v) is 7.29. The van der Waals surface area contributed by atoms with Crippen LogP contribution in [0.2, 0.25) is 0 Å². The van der Waals surface area contributed by atoms with Gasteiger partial charge in [0.1, 0.15) is 5.01 Å². The SMILES string of the molecule is CC(C)(C)c1ccc2cc3ccc(C(C)(C)C)cc3c(-c3ccc(-c4nc5ccccc5s4)[n-]3)c2c1.[CH2-]c1ccccc1.[CH2-]c1ccccc1.[CH2-]c1ccccc1.[Hf+4]. The minimum atomic E-state index is 0. The standard InChI is InChI=1S/C33H31N2S.3C7H7.Hf/c1-32(2,3)22-13-11-20-17-21-12-14-23(33(4,5)6)19-25(21)30(24(20)18-22)27-15-16-28(34-27)31-35-26-9-7-8-10-29(26)36-31;3*1-7-5-3-2-4-6-7;/h7-19H,1-6H3;3*2-6H,1H2;/q4*-1;+4. The van der Waals surface area contributed by atoms with Crippen molar-refractivity contribution in [2.75, 3.05) is 0 Å². The van der Waals surface area contributed by atoms with Crippen molar-refractivity contribution in [1.82, 2.24) is 9.97 Å². The Bertz CT molecular complexity index is 2470. The monoisotopic (exact) mass is 940 g/mol. The van der Waals surface area contributed by atoms with E-state index in [4.69, 9.17) is 9.97 Å². The first-order chi connectivity index (χ1) is 27.3. The smallest absolute Gasteiger partial charge is 0.655 e. The van der Waals surface area contributed by atoms with E-state index < -0.39 is 0 Å². The number of fused-ring (bicyclic) bond motifs is 3. The van der Waals surface area contributed by atoms with Crippen LogP contribution in [-0.2, 0) is 36.7 Å². The second kappa shape index (κ2) is 19.4. The molecular formula is C54H52HfN2S. The topological polar surface area (TPSA) is 27.0 Å². The first-order valence-electron chi connectivity index (χ1n) is 19.4. The molecule has 58 heavy (non-hydrogen) atoms. The summed E-state index contributed by atoms with van der Waals surface area (Å²) in [4.78, 5) is 10.0. The van der Waals surface area contributed by atoms with Gasteiger partial charge in [-0.1, -0.05) is 126 Å². The van der Waals surface area contributed by atoms with Gasteiger partial charge in [-0.05, 0) is 67.3 Å². The molecule has 9 aromatic rings. The van der Waals surface area contributed by atoms with E-state index in [0.717, 1.165) is 38.6 Å². The molecule has 2 aromatic heterocycles. The van der Waals surface area contributed by atoms with Crippen LogP contribution in [0.3, 0.4) is 0 Å². The van der Waals surface area contributed by atoms with E-state index in [0.29, 0.717) is 0 Å². The normalized spacial score (nSPS) is 11.0. The van der Waals surface area contributed by atoms with Crippen LogP contribution in [0.5, 0.6) is 0 Å². The molecule has 0 aliphatic carbocycles. The maximum absolute atomic E-state index is 5.18. The average molecular weight is 940 g/mol. The molecule has 0 radical (unpaired) electrons. The third-order valence-corrected chi connectivity index (χ3v) is 10.7. The Labute approximate surface area is 369 Å². The molecule has 0 N–H and O–H groups in total. The van der Waals surface area contributed by atoms with E-state index in [1.165, 1.54) is 42.9 Å². The molecule has 0 spiro atoms. The summed E-state index contributed by atoms with van der Waals surface area (Å²) in [5.74, 6) is 0. The molecular weight excluding hydrogens is 887 g/mol. The number of nitrogens with zero attached hydrogens (tertiary/aromatic N) is 2. The Morgan fingerprint density at radius 3 is 1.28 bits per heavy atom. The summed E-state index contributed by atoms with van der Waals surface area (Å²) in [6, 6.07) is 58.4. The molecule has 0 atom stereocenters. The fraction of sp³-hybridized carbons (Fsp3) is 0.148. The van der Waals surface area contributed by atoms with Gasteiger partial charge in [-0.15, -0.1) is 53.4 Å². The Kier molecular flexibility index (Phi) is 14.7. The van der Waals surface area contributed by atoms with Crippen molar-refractivity contribution in [2.24, 2.45) is 0 Å². The molecule has 0 saturated carbocycles. The molecule has 2 nitrogen and oxygen atoms in total. The largest absolute Gasteiger partial charge is 4.00 e. The van der Waals surface area contributed by atoms with Crippen molar-refractivity contribution in [1.29, 1.82) is 0 Å². The predicted octanol–water partition coefficient (Wildman–Crippen LogP) is 15.1. The zero-order valence-electron chi connectivity index (χ0n) is 34.6. The summed E-state index contributed by atoms with van der Waals surface area (Å²) in [7, 11) is 0. The minimum Gasteiger partial charge on any atom is -0.655 e. The molecule has 0 bridgehead atoms. The second-order valence-corrected chi connectivity index (χ2v) is 17.3. The Morgan fingerprint density at radius 1 is 0.466 bits per heavy atom. The molecule has 288 valence electrons. The number of thiazole rings is 1. The van der Waals surface area contributed by atoms with Gasteiger partial charge in [0.05, 0.1) is 10.2 Å². The predicted molar refractivity (Wildman–Crippen MR) is 249 cm³/mol. The van der Waals surface area contributed by atoms with Gasteiger partial charge in [-0.2, -0.15) is 73.9 Å². The molecule has 0 fully saturated rings. The molecule has 7 aromatic carbocycles. The zero-order valence-corrected chi connectivity index (χ0v) is 39.0. The molecule has 4 heteroatoms. The molecule has 9 rings (SSSR count). The summed E-state index contributed by atoms with van der Waals surface area (Å²) in [6.07, 6.45) is 0. The third kappa shape index (κ3) is 11.4. The van der Waals surface area contributed by atoms with E-state index in [9.17, 15) is 0 Å². The Hall–Kier alpha value is -5.29. The zero-order chi connectivity index (χ0) is 40.6. The molecule has 2 heterocycles. The quantitative estimate of drug-likeness (QED) is 0.0981. The van der Waals surface area contributed by atoms with Gasteiger partial charge in [0, 0.05) is 0 Å². The second-order valence-electron chi connectivity index (χ2n) is 16.3. The molecule has 0 saturated heterocycles. The van der Waals surface area contributed by atoms with Crippen LogP contribution >= 0.6 is 11.3 Å². The first-order valence-corrected chi connectivity index (χ1v) is 20.2. The summed E-state index contributed by atoms with van der Waals surface area (Å²) >= 11 is 1.70. The van der Waals surface area contributed by atoms with Gasteiger partial charge < -0.3 is 4.98 Å². The van der Waals surface area contributed by atoms with E-state index in [2.05, 4.69) is 135 Å². The number of hydrogen-bond donors (Lipinski definition) is 0. The van der Waals surface area contributed by atoms with Crippen molar-refractivity contribution >= 4 is 43.1 Å². The van der Waals surface area contributed by atoms with Crippen molar-refractivity contribution in [3.8, 4) is 22.0 Å². The maximum atomic E-state index is 5.18. The van der Waals surface area contributed by atoms with Gasteiger partial charge in [-0.3, -0.25) is 0 Å². The van der Waals surface area contributed by atoms with Crippen molar-refractivity contribution in [3.05, 3.63) is 218 Å². The van der Waals surface area contributed by atoms with Crippen LogP contribution < -0.4 is 4.98 Å². The minimum absolute atomic E-state index is 0. The van der Waals surface area contributed by atoms with Gasteiger partial charge >= 0.3 is 25.8 Å². The van der Waals surface area contributed by atoms with Crippen molar-refractivity contribution in [2.45, 2.75) is 52.4 Å². The summed E-state index contributed by atoms with van der Waals surface area (Å²) in [6.45, 7) is 24.8. The number of hydrogen-bond acceptors (Lipinski definition) is 2.